The molecule has 0 aliphatic heterocycles. The first-order chi connectivity index (χ1) is 14.4. The third kappa shape index (κ3) is 8.17. The molecule has 0 unspecified atom stereocenters. The van der Waals surface area contributed by atoms with Crippen molar-refractivity contribution in [1.82, 2.24) is 5.32 Å². The first-order valence-electron chi connectivity index (χ1n) is 10.2. The summed E-state index contributed by atoms with van der Waals surface area (Å²) in [7, 11) is 0. The predicted octanol–water partition coefficient (Wildman–Crippen LogP) is 5.47. The zero-order chi connectivity index (χ0) is 21.9. The molecule has 0 radical (unpaired) electrons. The van der Waals surface area contributed by atoms with Crippen LogP contribution in [-0.2, 0) is 9.59 Å². The van der Waals surface area contributed by atoms with E-state index >= 15 is 0 Å². The Morgan fingerprint density at radius 2 is 1.70 bits per heavy atom. The number of thiocarbonyl (C=S) groups is 1. The van der Waals surface area contributed by atoms with Gasteiger partial charge in [-0.3, -0.25) is 14.9 Å². The van der Waals surface area contributed by atoms with E-state index in [1.54, 1.807) is 12.1 Å². The van der Waals surface area contributed by atoms with Gasteiger partial charge in [0.1, 0.15) is 0 Å². The van der Waals surface area contributed by atoms with E-state index in [0.29, 0.717) is 23.7 Å². The average Bonchev–Trinajstić information content (AvgIpc) is 2.71. The van der Waals surface area contributed by atoms with Crippen LogP contribution >= 0.6 is 12.2 Å². The predicted molar refractivity (Wildman–Crippen MR) is 129 cm³/mol. The Hall–Kier alpha value is -2.99. The summed E-state index contributed by atoms with van der Waals surface area (Å²) in [6.45, 7) is 6.33. The Morgan fingerprint density at radius 3 is 2.33 bits per heavy atom. The summed E-state index contributed by atoms with van der Waals surface area (Å²) in [5.74, 6) is 0.138. The van der Waals surface area contributed by atoms with Crippen molar-refractivity contribution in [3.05, 3.63) is 65.7 Å². The number of rotatable bonds is 8. The van der Waals surface area contributed by atoms with Crippen LogP contribution in [0.1, 0.15) is 57.1 Å². The maximum atomic E-state index is 12.1. The molecule has 0 bridgehead atoms. The standard InChI is InChI=1S/C24H29N3O2S/c1-4-5-9-22(28)25-20-7-6-8-21(16-20)26-24(30)27-23(29)15-12-18-10-13-19(14-11-18)17(2)3/h6-8,10-17H,4-5,9H2,1-3H3,(H,25,28)(H2,26,27,29,30)/b15-12+. The van der Waals surface area contributed by atoms with Crippen molar-refractivity contribution in [3.63, 3.8) is 0 Å². The Kier molecular flexibility index (Phi) is 9.22. The fourth-order valence-corrected chi connectivity index (χ4v) is 2.93. The van der Waals surface area contributed by atoms with Crippen LogP contribution in [0.25, 0.3) is 6.08 Å². The third-order valence-electron chi connectivity index (χ3n) is 4.43. The van der Waals surface area contributed by atoms with Crippen LogP contribution in [0.2, 0.25) is 0 Å². The lowest BCUT2D eigenvalue weighted by Crippen LogP contribution is -2.32. The molecule has 5 nitrogen and oxygen atoms in total. The monoisotopic (exact) mass is 423 g/mol. The summed E-state index contributed by atoms with van der Waals surface area (Å²) < 4.78 is 0. The van der Waals surface area contributed by atoms with E-state index in [2.05, 4.69) is 41.9 Å². The molecule has 2 aromatic carbocycles. The van der Waals surface area contributed by atoms with Crippen molar-refractivity contribution in [2.45, 2.75) is 46.0 Å². The smallest absolute Gasteiger partial charge is 0.250 e. The van der Waals surface area contributed by atoms with E-state index in [1.165, 1.54) is 11.6 Å². The molecule has 2 rings (SSSR count). The molecule has 2 aromatic rings. The van der Waals surface area contributed by atoms with Gasteiger partial charge in [0.2, 0.25) is 11.8 Å². The van der Waals surface area contributed by atoms with Crippen LogP contribution in [-0.4, -0.2) is 16.9 Å². The number of hydrogen-bond donors (Lipinski definition) is 3. The van der Waals surface area contributed by atoms with Gasteiger partial charge in [0, 0.05) is 23.9 Å². The first-order valence-corrected chi connectivity index (χ1v) is 10.6. The number of carbonyl (C=O) groups excluding carboxylic acids is 2. The van der Waals surface area contributed by atoms with Crippen LogP contribution < -0.4 is 16.0 Å². The summed E-state index contributed by atoms with van der Waals surface area (Å²) in [6.07, 6.45) is 5.52. The van der Waals surface area contributed by atoms with Gasteiger partial charge in [0.15, 0.2) is 5.11 Å². The fourth-order valence-electron chi connectivity index (χ4n) is 2.72. The highest BCUT2D eigenvalue weighted by atomic mass is 32.1. The normalized spacial score (nSPS) is 10.8. The average molecular weight is 424 g/mol. The van der Waals surface area contributed by atoms with E-state index in [0.717, 1.165) is 18.4 Å². The molecule has 0 spiro atoms. The van der Waals surface area contributed by atoms with Crippen LogP contribution in [0.3, 0.4) is 0 Å². The number of unbranched alkanes of at least 4 members (excludes halogenated alkanes) is 1. The highest BCUT2D eigenvalue weighted by Gasteiger charge is 2.05. The van der Waals surface area contributed by atoms with Gasteiger partial charge in [0.05, 0.1) is 0 Å². The van der Waals surface area contributed by atoms with E-state index in [4.69, 9.17) is 12.2 Å². The SMILES string of the molecule is CCCCC(=O)Nc1cccc(NC(=S)NC(=O)/C=C/c2ccc(C(C)C)cc2)c1. The van der Waals surface area contributed by atoms with E-state index < -0.39 is 0 Å². The minimum atomic E-state index is -0.315. The number of benzene rings is 2. The van der Waals surface area contributed by atoms with Crippen molar-refractivity contribution in [2.75, 3.05) is 10.6 Å². The quantitative estimate of drug-likeness (QED) is 0.389. The maximum Gasteiger partial charge on any atom is 0.250 e. The Morgan fingerprint density at radius 1 is 1.03 bits per heavy atom. The summed E-state index contributed by atoms with van der Waals surface area (Å²) in [5.41, 5.74) is 3.56. The first kappa shape index (κ1) is 23.3. The van der Waals surface area contributed by atoms with Gasteiger partial charge in [-0.15, -0.1) is 0 Å². The third-order valence-corrected chi connectivity index (χ3v) is 4.63. The highest BCUT2D eigenvalue weighted by molar-refractivity contribution is 7.80. The van der Waals surface area contributed by atoms with Crippen molar-refractivity contribution in [1.29, 1.82) is 0 Å². The van der Waals surface area contributed by atoms with Gasteiger partial charge in [-0.25, -0.2) is 0 Å². The topological polar surface area (TPSA) is 70.2 Å². The van der Waals surface area contributed by atoms with Crippen LogP contribution in [0.4, 0.5) is 11.4 Å². The van der Waals surface area contributed by atoms with Crippen molar-refractivity contribution >= 4 is 46.6 Å². The number of nitrogens with one attached hydrogen (secondary N) is 3. The summed E-state index contributed by atoms with van der Waals surface area (Å²) in [6, 6.07) is 15.3. The maximum absolute atomic E-state index is 12.1. The van der Waals surface area contributed by atoms with Gasteiger partial charge in [-0.2, -0.15) is 0 Å². The second-order valence-corrected chi connectivity index (χ2v) is 7.74. The van der Waals surface area contributed by atoms with Crippen molar-refractivity contribution in [2.24, 2.45) is 0 Å². The van der Waals surface area contributed by atoms with Crippen molar-refractivity contribution < 1.29 is 9.59 Å². The zero-order valence-corrected chi connectivity index (χ0v) is 18.5. The molecule has 0 atom stereocenters. The summed E-state index contributed by atoms with van der Waals surface area (Å²) >= 11 is 5.21. The number of anilines is 2. The minimum Gasteiger partial charge on any atom is -0.332 e. The van der Waals surface area contributed by atoms with Gasteiger partial charge < -0.3 is 10.6 Å². The van der Waals surface area contributed by atoms with Gasteiger partial charge >= 0.3 is 0 Å². The number of hydrogen-bond acceptors (Lipinski definition) is 3. The lowest BCUT2D eigenvalue weighted by molar-refractivity contribution is -0.116. The van der Waals surface area contributed by atoms with Gasteiger partial charge in [-0.1, -0.05) is 57.5 Å². The molecule has 30 heavy (non-hydrogen) atoms. The molecule has 0 aliphatic carbocycles. The van der Waals surface area contributed by atoms with Crippen molar-refractivity contribution in [3.8, 4) is 0 Å². The largest absolute Gasteiger partial charge is 0.332 e. The molecular weight excluding hydrogens is 394 g/mol. The minimum absolute atomic E-state index is 0.0172. The summed E-state index contributed by atoms with van der Waals surface area (Å²) in [4.78, 5) is 24.0. The van der Waals surface area contributed by atoms with Crippen LogP contribution in [0.5, 0.6) is 0 Å². The molecule has 0 aromatic heterocycles. The second kappa shape index (κ2) is 11.9. The molecule has 0 saturated heterocycles. The Balaban J connectivity index is 1.86. The van der Waals surface area contributed by atoms with Gasteiger partial charge in [0.25, 0.3) is 0 Å². The number of amides is 2. The Labute approximate surface area is 184 Å². The van der Waals surface area contributed by atoms with E-state index in [9.17, 15) is 9.59 Å². The van der Waals surface area contributed by atoms with Gasteiger partial charge in [-0.05, 0) is 60.0 Å². The van der Waals surface area contributed by atoms with Crippen LogP contribution in [0.15, 0.2) is 54.6 Å². The molecule has 0 aliphatic rings. The molecule has 2 amide bonds. The van der Waals surface area contributed by atoms with Crippen LogP contribution in [0, 0.1) is 0 Å². The lowest BCUT2D eigenvalue weighted by atomic mass is 10.0. The fraction of sp³-hybridized carbons (Fsp3) is 0.292. The molecule has 3 N–H and O–H groups in total. The Bertz CT molecular complexity index is 905. The molecular formula is C24H29N3O2S. The molecule has 6 heteroatoms. The molecule has 0 heterocycles. The molecule has 0 saturated carbocycles. The number of carbonyl (C=O) groups is 2. The zero-order valence-electron chi connectivity index (χ0n) is 17.7. The van der Waals surface area contributed by atoms with E-state index in [-0.39, 0.29) is 16.9 Å². The molecule has 0 fully saturated rings. The summed E-state index contributed by atoms with van der Waals surface area (Å²) in [5, 5.41) is 8.63. The second-order valence-electron chi connectivity index (χ2n) is 7.33. The van der Waals surface area contributed by atoms with E-state index in [1.807, 2.05) is 37.3 Å². The lowest BCUT2D eigenvalue weighted by Gasteiger charge is -2.10. The molecule has 158 valence electrons. The highest BCUT2D eigenvalue weighted by Crippen LogP contribution is 2.16.